The van der Waals surface area contributed by atoms with Crippen molar-refractivity contribution in [3.63, 3.8) is 0 Å². The van der Waals surface area contributed by atoms with E-state index in [0.717, 1.165) is 0 Å². The van der Waals surface area contributed by atoms with Crippen molar-refractivity contribution in [2.75, 3.05) is 13.1 Å². The molecule has 0 aromatic heterocycles. The quantitative estimate of drug-likeness (QED) is 0.386. The van der Waals surface area contributed by atoms with E-state index in [4.69, 9.17) is 0 Å². The molecule has 8 heteroatoms. The van der Waals surface area contributed by atoms with Crippen molar-refractivity contribution < 1.29 is 29.4 Å². The van der Waals surface area contributed by atoms with E-state index in [0.29, 0.717) is 6.42 Å². The molecule has 4 unspecified atom stereocenters. The molecule has 2 aliphatic rings. The number of isocyanates is 2. The minimum absolute atomic E-state index is 0.0832. The van der Waals surface area contributed by atoms with Crippen LogP contribution in [0.2, 0.25) is 0 Å². The molecule has 0 aromatic rings. The number of fused-ring (bicyclic) bond motifs is 2. The first-order chi connectivity index (χ1) is 11.0. The number of rotatable bonds is 8. The minimum Gasteiger partial charge on any atom is -0.481 e. The number of carboxylic acids is 2. The summed E-state index contributed by atoms with van der Waals surface area (Å²) in [6, 6.07) is 0. The lowest BCUT2D eigenvalue weighted by Gasteiger charge is -2.45. The number of allylic oxidation sites excluding steroid dienone is 2. The third-order valence-electron chi connectivity index (χ3n) is 5.27. The molecule has 8 nitrogen and oxygen atoms in total. The monoisotopic (exact) mass is 320 g/mol. The smallest absolute Gasteiger partial charge is 0.311 e. The molecule has 2 bridgehead atoms. The second-order valence-corrected chi connectivity index (χ2v) is 5.83. The van der Waals surface area contributed by atoms with Gasteiger partial charge in [-0.2, -0.15) is 0 Å². The maximum atomic E-state index is 12.1. The molecule has 0 aromatic carbocycles. The van der Waals surface area contributed by atoms with Crippen LogP contribution in [0.5, 0.6) is 0 Å². The summed E-state index contributed by atoms with van der Waals surface area (Å²) in [5.74, 6) is -3.37. The summed E-state index contributed by atoms with van der Waals surface area (Å²) in [7, 11) is 0. The zero-order valence-electron chi connectivity index (χ0n) is 12.3. The first-order valence-electron chi connectivity index (χ1n) is 7.19. The summed E-state index contributed by atoms with van der Waals surface area (Å²) < 4.78 is 0. The van der Waals surface area contributed by atoms with Gasteiger partial charge in [-0.05, 0) is 31.1 Å². The van der Waals surface area contributed by atoms with E-state index < -0.39 is 34.6 Å². The van der Waals surface area contributed by atoms with E-state index in [1.165, 1.54) is 12.2 Å². The molecule has 0 aliphatic heterocycles. The topological polar surface area (TPSA) is 133 Å². The van der Waals surface area contributed by atoms with E-state index >= 15 is 0 Å². The highest BCUT2D eigenvalue weighted by Crippen LogP contribution is 2.67. The van der Waals surface area contributed by atoms with Gasteiger partial charge >= 0.3 is 11.9 Å². The van der Waals surface area contributed by atoms with Gasteiger partial charge in [0, 0.05) is 0 Å². The molecule has 2 N–H and O–H groups in total. The molecule has 1 fully saturated rings. The fraction of sp³-hybridized carbons (Fsp3) is 0.600. The van der Waals surface area contributed by atoms with Gasteiger partial charge in [-0.15, -0.1) is 0 Å². The number of nitrogens with zero attached hydrogens (tertiary/aromatic N) is 2. The van der Waals surface area contributed by atoms with Crippen LogP contribution < -0.4 is 0 Å². The van der Waals surface area contributed by atoms with Gasteiger partial charge in [0.25, 0.3) is 0 Å². The summed E-state index contributed by atoms with van der Waals surface area (Å²) in [6.07, 6.45) is 6.40. The van der Waals surface area contributed by atoms with Crippen LogP contribution in [0.1, 0.15) is 19.3 Å². The minimum atomic E-state index is -1.59. The molecule has 2 aliphatic carbocycles. The summed E-state index contributed by atoms with van der Waals surface area (Å²) in [5.41, 5.74) is -3.17. The highest BCUT2D eigenvalue weighted by atomic mass is 16.4. The molecule has 1 saturated carbocycles. The van der Waals surface area contributed by atoms with Gasteiger partial charge in [0.2, 0.25) is 12.2 Å². The predicted molar refractivity (Wildman–Crippen MR) is 76.1 cm³/mol. The number of aliphatic carboxylic acids is 2. The molecular weight excluding hydrogens is 304 g/mol. The average Bonchev–Trinajstić information content (AvgIpc) is 3.08. The fourth-order valence-electron chi connectivity index (χ4n) is 4.38. The Morgan fingerprint density at radius 2 is 1.35 bits per heavy atom. The molecular formula is C15H16N2O6. The van der Waals surface area contributed by atoms with Crippen LogP contribution in [0.4, 0.5) is 0 Å². The lowest BCUT2D eigenvalue weighted by atomic mass is 9.54. The second kappa shape index (κ2) is 6.28. The molecule has 0 spiro atoms. The van der Waals surface area contributed by atoms with Crippen molar-refractivity contribution in [3.05, 3.63) is 12.2 Å². The Bertz CT molecular complexity index is 592. The Hall–Kier alpha value is -2.56. The number of aliphatic imine (C=N–C) groups is 2. The van der Waals surface area contributed by atoms with Crippen molar-refractivity contribution in [1.82, 2.24) is 0 Å². The first-order valence-corrected chi connectivity index (χ1v) is 7.19. The van der Waals surface area contributed by atoms with E-state index in [-0.39, 0.29) is 25.9 Å². The number of carbonyl (C=O) groups excluding carboxylic acids is 2. The van der Waals surface area contributed by atoms with E-state index in [1.54, 1.807) is 12.2 Å². The van der Waals surface area contributed by atoms with E-state index in [1.807, 2.05) is 0 Å². The van der Waals surface area contributed by atoms with Crippen LogP contribution in [0.3, 0.4) is 0 Å². The summed E-state index contributed by atoms with van der Waals surface area (Å²) in [5, 5.41) is 19.8. The third kappa shape index (κ3) is 2.23. The third-order valence-corrected chi connectivity index (χ3v) is 5.27. The summed E-state index contributed by atoms with van der Waals surface area (Å²) in [6.45, 7) is -0.225. The molecule has 0 amide bonds. The molecule has 0 radical (unpaired) electrons. The number of hydrogen-bond donors (Lipinski definition) is 2. The largest absolute Gasteiger partial charge is 0.481 e. The Balaban J connectivity index is 2.55. The number of hydrogen-bond acceptors (Lipinski definition) is 6. The van der Waals surface area contributed by atoms with E-state index in [2.05, 4.69) is 9.98 Å². The van der Waals surface area contributed by atoms with Crippen LogP contribution in [-0.4, -0.2) is 47.4 Å². The van der Waals surface area contributed by atoms with Crippen molar-refractivity contribution in [3.8, 4) is 0 Å². The van der Waals surface area contributed by atoms with Crippen LogP contribution in [0.25, 0.3) is 0 Å². The maximum Gasteiger partial charge on any atom is 0.311 e. The number of carbonyl (C=O) groups is 2. The molecule has 0 saturated heterocycles. The maximum absolute atomic E-state index is 12.1. The van der Waals surface area contributed by atoms with Gasteiger partial charge in [-0.3, -0.25) is 9.59 Å². The lowest BCUT2D eigenvalue weighted by Crippen LogP contribution is -2.56. The molecule has 2 rings (SSSR count). The second-order valence-electron chi connectivity index (χ2n) is 5.83. The molecule has 122 valence electrons. The van der Waals surface area contributed by atoms with Crippen LogP contribution in [0, 0.1) is 22.7 Å². The first kappa shape index (κ1) is 16.8. The highest BCUT2D eigenvalue weighted by Gasteiger charge is 2.72. The number of carboxylic acid groups (broad SMARTS) is 2. The normalized spacial score (nSPS) is 33.7. The van der Waals surface area contributed by atoms with Crippen LogP contribution in [0.15, 0.2) is 22.1 Å². The Kier molecular flexibility index (Phi) is 4.59. The van der Waals surface area contributed by atoms with Gasteiger partial charge < -0.3 is 10.2 Å². The van der Waals surface area contributed by atoms with E-state index in [9.17, 15) is 29.4 Å². The molecule has 0 heterocycles. The zero-order chi connectivity index (χ0) is 17.1. The molecule has 4 atom stereocenters. The van der Waals surface area contributed by atoms with Crippen molar-refractivity contribution in [1.29, 1.82) is 0 Å². The summed E-state index contributed by atoms with van der Waals surface area (Å²) >= 11 is 0. The van der Waals surface area contributed by atoms with Gasteiger partial charge in [-0.1, -0.05) is 12.2 Å². The van der Waals surface area contributed by atoms with Gasteiger partial charge in [-0.25, -0.2) is 19.6 Å². The van der Waals surface area contributed by atoms with Crippen molar-refractivity contribution in [2.24, 2.45) is 32.7 Å². The van der Waals surface area contributed by atoms with Gasteiger partial charge in [0.05, 0.1) is 23.9 Å². The fourth-order valence-corrected chi connectivity index (χ4v) is 4.38. The Morgan fingerprint density at radius 1 is 0.957 bits per heavy atom. The standard InChI is InChI=1S/C15H16N2O6/c18-8-16-5-3-14(12(20)21)10-1-2-11(7-10)15(14,13(22)23)4-6-17-9-19/h1-2,10-11H,3-7H2,(H,20,21)(H,22,23). The van der Waals surface area contributed by atoms with Gasteiger partial charge in [0.1, 0.15) is 0 Å². The lowest BCUT2D eigenvalue weighted by molar-refractivity contribution is -0.177. The van der Waals surface area contributed by atoms with Crippen LogP contribution in [-0.2, 0) is 19.2 Å². The Labute approximate surface area is 131 Å². The van der Waals surface area contributed by atoms with Crippen molar-refractivity contribution >= 4 is 24.1 Å². The summed E-state index contributed by atoms with van der Waals surface area (Å²) in [4.78, 5) is 51.6. The predicted octanol–water partition coefficient (Wildman–Crippen LogP) is 0.786. The highest BCUT2D eigenvalue weighted by molar-refractivity contribution is 5.89. The Morgan fingerprint density at radius 3 is 1.65 bits per heavy atom. The van der Waals surface area contributed by atoms with Gasteiger partial charge in [0.15, 0.2) is 0 Å². The van der Waals surface area contributed by atoms with Crippen molar-refractivity contribution in [2.45, 2.75) is 19.3 Å². The van der Waals surface area contributed by atoms with Crippen LogP contribution >= 0.6 is 0 Å². The average molecular weight is 320 g/mol. The zero-order valence-corrected chi connectivity index (χ0v) is 12.3. The SMILES string of the molecule is O=C=NCCC1(C(=O)O)C2C=CC(C2)C1(CCN=C=O)C(=O)O. The molecule has 23 heavy (non-hydrogen) atoms.